The molecule has 0 aromatic carbocycles. The highest BCUT2D eigenvalue weighted by molar-refractivity contribution is 8.01. The molecular weight excluding hydrogens is 278 g/mol. The summed E-state index contributed by atoms with van der Waals surface area (Å²) in [6.07, 6.45) is 9.44. The largest absolute Gasteiger partial charge is 0.377 e. The summed E-state index contributed by atoms with van der Waals surface area (Å²) in [6.45, 7) is 0.926. The fourth-order valence-corrected chi connectivity index (χ4v) is 4.61. The second-order valence-corrected chi connectivity index (χ2v) is 7.54. The lowest BCUT2D eigenvalue weighted by atomic mass is 9.96. The molecule has 19 heavy (non-hydrogen) atoms. The summed E-state index contributed by atoms with van der Waals surface area (Å²) in [5, 5.41) is 13.0. The first-order valence-electron chi connectivity index (χ1n) is 7.24. The first-order chi connectivity index (χ1) is 9.40. The van der Waals surface area contributed by atoms with Gasteiger partial charge in [-0.1, -0.05) is 42.4 Å². The molecule has 2 heterocycles. The summed E-state index contributed by atoms with van der Waals surface area (Å²) < 4.78 is 6.69. The molecule has 1 aliphatic heterocycles. The van der Waals surface area contributed by atoms with Gasteiger partial charge in [0.15, 0.2) is 4.34 Å². The third-order valence-corrected chi connectivity index (χ3v) is 5.88. The Balaban J connectivity index is 1.45. The first kappa shape index (κ1) is 13.6. The van der Waals surface area contributed by atoms with Gasteiger partial charge in [0.05, 0.1) is 6.10 Å². The molecule has 1 saturated heterocycles. The van der Waals surface area contributed by atoms with E-state index in [4.69, 9.17) is 4.74 Å². The van der Waals surface area contributed by atoms with Gasteiger partial charge in [0.1, 0.15) is 0 Å². The van der Waals surface area contributed by atoms with E-state index in [2.05, 4.69) is 15.5 Å². The van der Waals surface area contributed by atoms with E-state index in [1.54, 1.807) is 23.1 Å². The van der Waals surface area contributed by atoms with E-state index in [0.717, 1.165) is 21.8 Å². The lowest BCUT2D eigenvalue weighted by Gasteiger charge is -2.21. The topological polar surface area (TPSA) is 47.0 Å². The van der Waals surface area contributed by atoms with Gasteiger partial charge in [-0.3, -0.25) is 0 Å². The number of ether oxygens (including phenoxy) is 1. The van der Waals surface area contributed by atoms with Crippen LogP contribution in [0.3, 0.4) is 0 Å². The van der Waals surface area contributed by atoms with Crippen LogP contribution in [0.1, 0.15) is 44.9 Å². The van der Waals surface area contributed by atoms with Crippen LogP contribution < -0.4 is 5.32 Å². The van der Waals surface area contributed by atoms with Gasteiger partial charge in [-0.25, -0.2) is 0 Å². The molecule has 1 N–H and O–H groups in total. The number of nitrogens with one attached hydrogen (secondary N) is 1. The number of hydrogen-bond donors (Lipinski definition) is 1. The fraction of sp³-hybridized carbons (Fsp3) is 0.846. The van der Waals surface area contributed by atoms with E-state index in [1.807, 2.05) is 0 Å². The number of thioether (sulfide) groups is 1. The summed E-state index contributed by atoms with van der Waals surface area (Å²) in [5.41, 5.74) is 0. The summed E-state index contributed by atoms with van der Waals surface area (Å²) in [6, 6.07) is 0.609. The number of anilines is 1. The summed E-state index contributed by atoms with van der Waals surface area (Å²) >= 11 is 3.46. The van der Waals surface area contributed by atoms with Crippen LogP contribution in [-0.2, 0) is 4.74 Å². The van der Waals surface area contributed by atoms with Gasteiger partial charge in [0, 0.05) is 18.4 Å². The highest BCUT2D eigenvalue weighted by Crippen LogP contribution is 2.30. The summed E-state index contributed by atoms with van der Waals surface area (Å²) in [7, 11) is 0. The summed E-state index contributed by atoms with van der Waals surface area (Å²) in [5.74, 6) is 1.01. The third kappa shape index (κ3) is 4.07. The van der Waals surface area contributed by atoms with Gasteiger partial charge in [-0.15, -0.1) is 10.2 Å². The van der Waals surface area contributed by atoms with Gasteiger partial charge < -0.3 is 10.1 Å². The van der Waals surface area contributed by atoms with Crippen molar-refractivity contribution in [2.24, 2.45) is 0 Å². The zero-order valence-electron chi connectivity index (χ0n) is 11.1. The molecule has 1 saturated carbocycles. The average Bonchev–Trinajstić information content (AvgIpc) is 3.09. The lowest BCUT2D eigenvalue weighted by molar-refractivity contribution is 0.129. The Morgan fingerprint density at radius 3 is 2.84 bits per heavy atom. The second kappa shape index (κ2) is 6.90. The lowest BCUT2D eigenvalue weighted by Crippen LogP contribution is -2.21. The molecule has 0 radical (unpaired) electrons. The van der Waals surface area contributed by atoms with E-state index in [-0.39, 0.29) is 0 Å². The average molecular weight is 299 g/mol. The standard InChI is InChI=1S/C13H21N3OS2/c1-2-5-10(6-3-1)14-12-15-16-13(19-12)18-9-11-7-4-8-17-11/h10-11H,1-9H2,(H,14,15)/t11-/m0/s1. The monoisotopic (exact) mass is 299 g/mol. The number of aromatic nitrogens is 2. The van der Waals surface area contributed by atoms with E-state index < -0.39 is 0 Å². The Morgan fingerprint density at radius 2 is 2.05 bits per heavy atom. The molecule has 0 spiro atoms. The van der Waals surface area contributed by atoms with E-state index in [9.17, 15) is 0 Å². The van der Waals surface area contributed by atoms with Gasteiger partial charge >= 0.3 is 0 Å². The van der Waals surface area contributed by atoms with Crippen LogP contribution in [0.2, 0.25) is 0 Å². The highest BCUT2D eigenvalue weighted by atomic mass is 32.2. The fourth-order valence-electron chi connectivity index (χ4n) is 2.69. The smallest absolute Gasteiger partial charge is 0.206 e. The van der Waals surface area contributed by atoms with Crippen LogP contribution in [0.15, 0.2) is 4.34 Å². The molecule has 6 heteroatoms. The van der Waals surface area contributed by atoms with Crippen LogP contribution in [0.25, 0.3) is 0 Å². The van der Waals surface area contributed by atoms with Crippen molar-refractivity contribution < 1.29 is 4.74 Å². The van der Waals surface area contributed by atoms with Crippen molar-refractivity contribution in [2.75, 3.05) is 17.7 Å². The molecule has 2 aliphatic rings. The van der Waals surface area contributed by atoms with Gasteiger partial charge in [0.25, 0.3) is 0 Å². The van der Waals surface area contributed by atoms with Gasteiger partial charge in [-0.2, -0.15) is 0 Å². The Labute approximate surface area is 122 Å². The number of hydrogen-bond acceptors (Lipinski definition) is 6. The predicted octanol–water partition coefficient (Wildman–Crippen LogP) is 3.55. The first-order valence-corrected chi connectivity index (χ1v) is 9.05. The van der Waals surface area contributed by atoms with Crippen molar-refractivity contribution >= 4 is 28.2 Å². The molecule has 3 rings (SSSR count). The van der Waals surface area contributed by atoms with Crippen molar-refractivity contribution in [3.8, 4) is 0 Å². The summed E-state index contributed by atoms with van der Waals surface area (Å²) in [4.78, 5) is 0. The number of rotatable bonds is 5. The number of nitrogens with zero attached hydrogens (tertiary/aromatic N) is 2. The zero-order chi connectivity index (χ0) is 12.9. The Bertz CT molecular complexity index is 387. The van der Waals surface area contributed by atoms with Crippen molar-refractivity contribution in [1.29, 1.82) is 0 Å². The van der Waals surface area contributed by atoms with Crippen molar-refractivity contribution in [2.45, 2.75) is 61.4 Å². The molecular formula is C13H21N3OS2. The predicted molar refractivity (Wildman–Crippen MR) is 80.1 cm³/mol. The van der Waals surface area contributed by atoms with Crippen LogP contribution in [-0.4, -0.2) is 34.7 Å². The van der Waals surface area contributed by atoms with E-state index in [0.29, 0.717) is 12.1 Å². The Kier molecular flexibility index (Phi) is 4.96. The molecule has 2 fully saturated rings. The molecule has 0 unspecified atom stereocenters. The van der Waals surface area contributed by atoms with Crippen molar-refractivity contribution in [1.82, 2.24) is 10.2 Å². The maximum Gasteiger partial charge on any atom is 0.206 e. The molecule has 1 aromatic rings. The maximum atomic E-state index is 5.62. The minimum absolute atomic E-state index is 0.420. The van der Waals surface area contributed by atoms with E-state index >= 15 is 0 Å². The van der Waals surface area contributed by atoms with Crippen LogP contribution in [0.4, 0.5) is 5.13 Å². The van der Waals surface area contributed by atoms with Crippen molar-refractivity contribution in [3.05, 3.63) is 0 Å². The Morgan fingerprint density at radius 1 is 1.16 bits per heavy atom. The molecule has 4 nitrogen and oxygen atoms in total. The maximum absolute atomic E-state index is 5.62. The third-order valence-electron chi connectivity index (χ3n) is 3.76. The molecule has 1 atom stereocenters. The molecule has 106 valence electrons. The van der Waals surface area contributed by atoms with Gasteiger partial charge in [0.2, 0.25) is 5.13 Å². The SMILES string of the molecule is C1CCC(Nc2nnc(SC[C@@H]3CCCO3)s2)CC1. The molecule has 1 aliphatic carbocycles. The molecule has 0 bridgehead atoms. The minimum Gasteiger partial charge on any atom is -0.377 e. The van der Waals surface area contributed by atoms with E-state index in [1.165, 1.54) is 44.9 Å². The van der Waals surface area contributed by atoms with Crippen LogP contribution in [0, 0.1) is 0 Å². The second-order valence-electron chi connectivity index (χ2n) is 5.30. The van der Waals surface area contributed by atoms with Crippen molar-refractivity contribution in [3.63, 3.8) is 0 Å². The quantitative estimate of drug-likeness (QED) is 0.842. The van der Waals surface area contributed by atoms with Crippen LogP contribution in [0.5, 0.6) is 0 Å². The molecule has 0 amide bonds. The van der Waals surface area contributed by atoms with Crippen LogP contribution >= 0.6 is 23.1 Å². The molecule has 1 aromatic heterocycles. The van der Waals surface area contributed by atoms with Gasteiger partial charge in [-0.05, 0) is 25.7 Å². The zero-order valence-corrected chi connectivity index (χ0v) is 12.8. The normalized spacial score (nSPS) is 24.7. The minimum atomic E-state index is 0.420. The highest BCUT2D eigenvalue weighted by Gasteiger charge is 2.18. The Hall–Kier alpha value is -0.330.